The highest BCUT2D eigenvalue weighted by atomic mass is 14.2. The van der Waals surface area contributed by atoms with Gasteiger partial charge in [-0.05, 0) is 17.2 Å². The summed E-state index contributed by atoms with van der Waals surface area (Å²) in [6, 6.07) is 9.94. The molecular weight excluding hydrogens is 122 g/mol. The molecule has 1 heteroatoms. The Labute approximate surface area is 59.9 Å². The van der Waals surface area contributed by atoms with Crippen molar-refractivity contribution in [2.45, 2.75) is 0 Å². The quantitative estimate of drug-likeness (QED) is 0.495. The standard InChI is InChI=1S/C6H4.C3HN/c1-2-5-4-6(5)3-1;1-2-3-4/h1-4H;1H. The molecule has 0 aromatic carbocycles. The number of nitriles is 1. The van der Waals surface area contributed by atoms with Crippen LogP contribution >= 0.6 is 0 Å². The van der Waals surface area contributed by atoms with Crippen LogP contribution in [0.4, 0.5) is 0 Å². The maximum atomic E-state index is 7.39. The summed E-state index contributed by atoms with van der Waals surface area (Å²) in [5, 5.41) is 7.39. The van der Waals surface area contributed by atoms with Gasteiger partial charge in [-0.3, -0.25) is 0 Å². The number of fused-ring (bicyclic) bond motifs is 1. The molecule has 0 heterocycles. The summed E-state index contributed by atoms with van der Waals surface area (Å²) in [5.41, 5.74) is 2.85. The number of benzene rings is 1. The Morgan fingerprint density at radius 1 is 1.30 bits per heavy atom. The first-order valence-electron chi connectivity index (χ1n) is 2.83. The third kappa shape index (κ3) is 1.37. The number of hydrogen-bond donors (Lipinski definition) is 0. The van der Waals surface area contributed by atoms with E-state index in [9.17, 15) is 0 Å². The average Bonchev–Trinajstić information content (AvgIpc) is 2.60. The second-order valence-corrected chi connectivity index (χ2v) is 1.84. The maximum absolute atomic E-state index is 7.39. The van der Waals surface area contributed by atoms with Crippen LogP contribution in [-0.4, -0.2) is 0 Å². The normalized spacial score (nSPS) is 7.80. The molecule has 0 aliphatic heterocycles. The van der Waals surface area contributed by atoms with Crippen LogP contribution in [0.25, 0.3) is 11.1 Å². The van der Waals surface area contributed by atoms with Gasteiger partial charge in [0.2, 0.25) is 0 Å². The third-order valence-electron chi connectivity index (χ3n) is 1.18. The highest BCUT2D eigenvalue weighted by Crippen LogP contribution is 2.32. The van der Waals surface area contributed by atoms with Crippen molar-refractivity contribution in [3.8, 4) is 29.5 Å². The van der Waals surface area contributed by atoms with E-state index in [0.717, 1.165) is 0 Å². The molecule has 46 valence electrons. The Hall–Kier alpha value is -1.73. The van der Waals surface area contributed by atoms with Crippen molar-refractivity contribution >= 4 is 0 Å². The lowest BCUT2D eigenvalue weighted by Crippen LogP contribution is -1.26. The number of hydrogen-bond acceptors (Lipinski definition) is 1. The molecule has 2 aliphatic carbocycles. The van der Waals surface area contributed by atoms with E-state index in [2.05, 4.69) is 30.7 Å². The monoisotopic (exact) mass is 127 g/mol. The molecule has 2 aliphatic rings. The van der Waals surface area contributed by atoms with Crippen molar-refractivity contribution in [2.24, 2.45) is 0 Å². The predicted octanol–water partition coefficient (Wildman–Crippen LogP) is 1.81. The molecule has 0 saturated carbocycles. The van der Waals surface area contributed by atoms with E-state index in [1.54, 1.807) is 5.92 Å². The van der Waals surface area contributed by atoms with Gasteiger partial charge in [-0.15, -0.1) is 6.42 Å². The molecule has 0 unspecified atom stereocenters. The molecule has 0 fully saturated rings. The lowest BCUT2D eigenvalue weighted by Gasteiger charge is -1.48. The van der Waals surface area contributed by atoms with Gasteiger partial charge in [-0.1, -0.05) is 18.2 Å². The van der Waals surface area contributed by atoms with Crippen LogP contribution in [0.2, 0.25) is 0 Å². The molecule has 0 bridgehead atoms. The molecule has 0 aromatic heterocycles. The summed E-state index contributed by atoms with van der Waals surface area (Å²) in [6.45, 7) is 0. The van der Waals surface area contributed by atoms with Crippen LogP contribution < -0.4 is 0 Å². The van der Waals surface area contributed by atoms with Gasteiger partial charge < -0.3 is 0 Å². The Balaban J connectivity index is 0.000000112. The summed E-state index contributed by atoms with van der Waals surface area (Å²) in [6.07, 6.45) is 4.42. The number of terminal acetylenes is 1. The summed E-state index contributed by atoms with van der Waals surface area (Å²) in [4.78, 5) is 0. The fraction of sp³-hybridized carbons (Fsp3) is 0. The molecule has 0 spiro atoms. The van der Waals surface area contributed by atoms with E-state index in [1.165, 1.54) is 17.2 Å². The zero-order chi connectivity index (χ0) is 7.40. The van der Waals surface area contributed by atoms with Gasteiger partial charge in [-0.25, -0.2) is 0 Å². The molecular formula is C9H5N. The van der Waals surface area contributed by atoms with Gasteiger partial charge in [0, 0.05) is 5.92 Å². The van der Waals surface area contributed by atoms with E-state index in [4.69, 9.17) is 5.26 Å². The first-order chi connectivity index (χ1) is 4.88. The zero-order valence-electron chi connectivity index (χ0n) is 5.33. The zero-order valence-corrected chi connectivity index (χ0v) is 5.33. The predicted molar refractivity (Wildman–Crippen MR) is 39.9 cm³/mol. The SMILES string of the molecule is C#CC#N.c1cc2cc-2c1. The second-order valence-electron chi connectivity index (χ2n) is 1.84. The first-order valence-corrected chi connectivity index (χ1v) is 2.83. The molecule has 0 atom stereocenters. The summed E-state index contributed by atoms with van der Waals surface area (Å²) >= 11 is 0. The molecule has 0 amide bonds. The largest absolute Gasteiger partial charge is 0.183 e. The van der Waals surface area contributed by atoms with Crippen molar-refractivity contribution in [3.63, 3.8) is 0 Å². The minimum Gasteiger partial charge on any atom is -0.183 e. The van der Waals surface area contributed by atoms with Crippen LogP contribution in [0.5, 0.6) is 0 Å². The Morgan fingerprint density at radius 2 is 1.80 bits per heavy atom. The number of rotatable bonds is 0. The Bertz CT molecular complexity index is 283. The Kier molecular flexibility index (Phi) is 1.73. The van der Waals surface area contributed by atoms with Crippen molar-refractivity contribution in [1.29, 1.82) is 5.26 Å². The van der Waals surface area contributed by atoms with E-state index in [1.807, 2.05) is 0 Å². The maximum Gasteiger partial charge on any atom is 0.152 e. The van der Waals surface area contributed by atoms with Gasteiger partial charge in [-0.2, -0.15) is 5.26 Å². The topological polar surface area (TPSA) is 23.8 Å². The molecule has 10 heavy (non-hydrogen) atoms. The molecule has 1 nitrogen and oxygen atoms in total. The van der Waals surface area contributed by atoms with E-state index < -0.39 is 0 Å². The fourth-order valence-corrected chi connectivity index (χ4v) is 0.676. The summed E-state index contributed by atoms with van der Waals surface area (Å²) < 4.78 is 0. The van der Waals surface area contributed by atoms with Gasteiger partial charge >= 0.3 is 0 Å². The van der Waals surface area contributed by atoms with E-state index in [0.29, 0.717) is 0 Å². The smallest absolute Gasteiger partial charge is 0.152 e. The molecule has 0 radical (unpaired) electrons. The highest BCUT2D eigenvalue weighted by molar-refractivity contribution is 5.80. The van der Waals surface area contributed by atoms with Crippen molar-refractivity contribution in [1.82, 2.24) is 0 Å². The summed E-state index contributed by atoms with van der Waals surface area (Å²) in [7, 11) is 0. The minimum absolute atomic E-state index is 1.43. The van der Waals surface area contributed by atoms with Crippen molar-refractivity contribution in [2.75, 3.05) is 0 Å². The molecule has 0 aromatic rings. The average molecular weight is 127 g/mol. The fourth-order valence-electron chi connectivity index (χ4n) is 0.676. The van der Waals surface area contributed by atoms with Gasteiger partial charge in [0.25, 0.3) is 0 Å². The Morgan fingerprint density at radius 3 is 1.90 bits per heavy atom. The lowest BCUT2D eigenvalue weighted by molar-refractivity contribution is 1.55. The van der Waals surface area contributed by atoms with E-state index in [-0.39, 0.29) is 0 Å². The highest BCUT2D eigenvalue weighted by Gasteiger charge is 2.06. The minimum atomic E-state index is 1.43. The molecule has 2 rings (SSSR count). The second kappa shape index (κ2) is 2.71. The van der Waals surface area contributed by atoms with Crippen molar-refractivity contribution in [3.05, 3.63) is 24.3 Å². The van der Waals surface area contributed by atoms with Crippen LogP contribution in [-0.2, 0) is 0 Å². The van der Waals surface area contributed by atoms with Gasteiger partial charge in [0.15, 0.2) is 6.07 Å². The van der Waals surface area contributed by atoms with Crippen molar-refractivity contribution < 1.29 is 0 Å². The molecule has 0 N–H and O–H groups in total. The lowest BCUT2D eigenvalue weighted by atomic mass is 10.6. The van der Waals surface area contributed by atoms with Gasteiger partial charge in [0.05, 0.1) is 0 Å². The third-order valence-corrected chi connectivity index (χ3v) is 1.18. The summed E-state index contributed by atoms with van der Waals surface area (Å²) in [5.74, 6) is 1.74. The van der Waals surface area contributed by atoms with Crippen LogP contribution in [0.15, 0.2) is 24.3 Å². The molecule has 0 saturated heterocycles. The first kappa shape index (κ1) is 6.39. The van der Waals surface area contributed by atoms with Gasteiger partial charge in [0.1, 0.15) is 0 Å². The van der Waals surface area contributed by atoms with Crippen LogP contribution in [0, 0.1) is 23.7 Å². The van der Waals surface area contributed by atoms with Crippen LogP contribution in [0.1, 0.15) is 0 Å². The van der Waals surface area contributed by atoms with Crippen LogP contribution in [0.3, 0.4) is 0 Å². The van der Waals surface area contributed by atoms with E-state index >= 15 is 0 Å². The number of nitrogens with zero attached hydrogens (tertiary/aromatic N) is 1.